The van der Waals surface area contributed by atoms with E-state index in [-0.39, 0.29) is 25.2 Å². The lowest BCUT2D eigenvalue weighted by Gasteiger charge is -2.18. The zero-order chi connectivity index (χ0) is 46.3. The summed E-state index contributed by atoms with van der Waals surface area (Å²) < 4.78 is 17.4. The van der Waals surface area contributed by atoms with Gasteiger partial charge in [0.2, 0.25) is 0 Å². The van der Waals surface area contributed by atoms with Crippen LogP contribution in [0.4, 0.5) is 0 Å². The summed E-state index contributed by atoms with van der Waals surface area (Å²) >= 11 is 0. The molecule has 0 rings (SSSR count). The number of ether oxygens (including phenoxy) is 3. The maximum absolute atomic E-state index is 12.8. The number of esters is 2. The van der Waals surface area contributed by atoms with E-state index in [0.29, 0.717) is 19.4 Å². The van der Waals surface area contributed by atoms with E-state index in [2.05, 4.69) is 81.5 Å². The second-order valence-electron chi connectivity index (χ2n) is 18.5. The first-order chi connectivity index (χ1) is 31.6. The Morgan fingerprint density at radius 2 is 0.688 bits per heavy atom. The van der Waals surface area contributed by atoms with Crippen LogP contribution < -0.4 is 0 Å². The van der Waals surface area contributed by atoms with Crippen molar-refractivity contribution in [2.45, 2.75) is 284 Å². The van der Waals surface area contributed by atoms with E-state index in [0.717, 1.165) is 77.0 Å². The Kier molecular flexibility index (Phi) is 52.9. The van der Waals surface area contributed by atoms with Crippen LogP contribution >= 0.6 is 0 Å². The molecule has 0 heterocycles. The van der Waals surface area contributed by atoms with E-state index < -0.39 is 6.10 Å². The van der Waals surface area contributed by atoms with E-state index in [4.69, 9.17) is 14.2 Å². The predicted molar refractivity (Wildman–Crippen MR) is 279 cm³/mol. The van der Waals surface area contributed by atoms with Crippen molar-refractivity contribution in [1.29, 1.82) is 0 Å². The number of carbonyl (C=O) groups excluding carboxylic acids is 2. The first-order valence-electron chi connectivity index (χ1n) is 27.8. The molecule has 0 amide bonds. The summed E-state index contributed by atoms with van der Waals surface area (Å²) in [5.74, 6) is -0.422. The molecule has 5 nitrogen and oxygen atoms in total. The van der Waals surface area contributed by atoms with E-state index in [1.165, 1.54) is 167 Å². The van der Waals surface area contributed by atoms with Gasteiger partial charge in [-0.1, -0.05) is 223 Å². The molecule has 0 aliphatic heterocycles. The summed E-state index contributed by atoms with van der Waals surface area (Å²) in [6.45, 7) is 7.73. The van der Waals surface area contributed by atoms with Gasteiger partial charge < -0.3 is 14.2 Å². The molecule has 0 saturated heterocycles. The van der Waals surface area contributed by atoms with Crippen LogP contribution in [0.15, 0.2) is 60.8 Å². The summed E-state index contributed by atoms with van der Waals surface area (Å²) in [6.07, 6.45) is 69.5. The highest BCUT2D eigenvalue weighted by Crippen LogP contribution is 2.15. The molecule has 0 aromatic heterocycles. The standard InChI is InChI=1S/C59H106O5/c1-4-7-10-13-16-19-22-25-27-28-29-30-31-33-36-39-42-45-48-51-54-62-55-57(64-59(61)53-50-47-44-41-38-34-24-21-18-15-12-9-6-3)56-63-58(60)52-49-46-43-40-37-35-32-26-23-20-17-14-11-8-5-2/h12,15,17,20-21,24-27,32,57H,4-11,13-14,16,18-19,22-23,28-31,33-56H2,1-3H3/b15-12-,20-17-,24-21-,27-25-,32-26-. The number of carbonyl (C=O) groups is 2. The fourth-order valence-electron chi connectivity index (χ4n) is 7.81. The summed E-state index contributed by atoms with van der Waals surface area (Å²) in [5.41, 5.74) is 0. The SMILES string of the molecule is CCC/C=C\C/C=C\CCCCCCCC(=O)OC(COCCCCCCCCCCCC/C=C\CCCCCCCC)COC(=O)CCCCCCC/C=C\C/C=C\CCCCC. The van der Waals surface area contributed by atoms with Gasteiger partial charge in [0.05, 0.1) is 6.61 Å². The molecule has 1 atom stereocenters. The van der Waals surface area contributed by atoms with Crippen molar-refractivity contribution in [3.8, 4) is 0 Å². The van der Waals surface area contributed by atoms with Crippen molar-refractivity contribution in [3.63, 3.8) is 0 Å². The quantitative estimate of drug-likeness (QED) is 0.0346. The van der Waals surface area contributed by atoms with E-state index >= 15 is 0 Å². The van der Waals surface area contributed by atoms with Crippen LogP contribution in [-0.2, 0) is 23.8 Å². The van der Waals surface area contributed by atoms with Crippen molar-refractivity contribution >= 4 is 11.9 Å². The zero-order valence-corrected chi connectivity index (χ0v) is 42.8. The fraction of sp³-hybridized carbons (Fsp3) is 0.797. The van der Waals surface area contributed by atoms with Gasteiger partial charge in [-0.3, -0.25) is 9.59 Å². The topological polar surface area (TPSA) is 61.8 Å². The van der Waals surface area contributed by atoms with Crippen LogP contribution in [0.3, 0.4) is 0 Å². The smallest absolute Gasteiger partial charge is 0.306 e. The summed E-state index contributed by atoms with van der Waals surface area (Å²) in [5, 5.41) is 0. The first kappa shape index (κ1) is 61.6. The Labute approximate surface area is 398 Å². The minimum absolute atomic E-state index is 0.0721. The number of hydrogen-bond acceptors (Lipinski definition) is 5. The maximum atomic E-state index is 12.8. The number of hydrogen-bond donors (Lipinski definition) is 0. The molecule has 0 bridgehead atoms. The lowest BCUT2D eigenvalue weighted by atomic mass is 10.1. The van der Waals surface area contributed by atoms with Crippen molar-refractivity contribution < 1.29 is 23.8 Å². The first-order valence-corrected chi connectivity index (χ1v) is 27.8. The lowest BCUT2D eigenvalue weighted by molar-refractivity contribution is -0.163. The van der Waals surface area contributed by atoms with E-state index in [1.807, 2.05) is 0 Å². The average molecular weight is 895 g/mol. The third kappa shape index (κ3) is 52.2. The summed E-state index contributed by atoms with van der Waals surface area (Å²) in [7, 11) is 0. The molecule has 1 unspecified atom stereocenters. The molecular weight excluding hydrogens is 789 g/mol. The molecule has 0 aromatic rings. The number of rotatable bonds is 51. The van der Waals surface area contributed by atoms with Crippen LogP contribution in [-0.4, -0.2) is 37.9 Å². The second-order valence-corrected chi connectivity index (χ2v) is 18.5. The molecule has 0 fully saturated rings. The van der Waals surface area contributed by atoms with Crippen molar-refractivity contribution in [1.82, 2.24) is 0 Å². The molecule has 372 valence electrons. The van der Waals surface area contributed by atoms with Gasteiger partial charge in [-0.2, -0.15) is 0 Å². The summed E-state index contributed by atoms with van der Waals surface area (Å²) in [4.78, 5) is 25.4. The van der Waals surface area contributed by atoms with Gasteiger partial charge in [0.1, 0.15) is 6.61 Å². The van der Waals surface area contributed by atoms with Gasteiger partial charge in [0.25, 0.3) is 0 Å². The van der Waals surface area contributed by atoms with Crippen LogP contribution in [0, 0.1) is 0 Å². The Morgan fingerprint density at radius 1 is 0.344 bits per heavy atom. The van der Waals surface area contributed by atoms with Gasteiger partial charge in [-0.05, 0) is 103 Å². The molecule has 5 heteroatoms. The number of unbranched alkanes of at least 4 members (excludes halogenated alkanes) is 30. The minimum atomic E-state index is -0.550. The van der Waals surface area contributed by atoms with Crippen molar-refractivity contribution in [2.75, 3.05) is 19.8 Å². The largest absolute Gasteiger partial charge is 0.462 e. The van der Waals surface area contributed by atoms with Gasteiger partial charge >= 0.3 is 11.9 Å². The van der Waals surface area contributed by atoms with Crippen LogP contribution in [0.5, 0.6) is 0 Å². The lowest BCUT2D eigenvalue weighted by Crippen LogP contribution is -2.30. The monoisotopic (exact) mass is 895 g/mol. The molecule has 64 heavy (non-hydrogen) atoms. The van der Waals surface area contributed by atoms with Crippen molar-refractivity contribution in [3.05, 3.63) is 60.8 Å². The molecule has 0 N–H and O–H groups in total. The van der Waals surface area contributed by atoms with Gasteiger partial charge in [0.15, 0.2) is 6.10 Å². The van der Waals surface area contributed by atoms with Crippen LogP contribution in [0.2, 0.25) is 0 Å². The fourth-order valence-corrected chi connectivity index (χ4v) is 7.81. The third-order valence-electron chi connectivity index (χ3n) is 12.0. The Morgan fingerprint density at radius 3 is 1.14 bits per heavy atom. The normalized spacial score (nSPS) is 12.6. The summed E-state index contributed by atoms with van der Waals surface area (Å²) in [6, 6.07) is 0. The molecular formula is C59H106O5. The highest BCUT2D eigenvalue weighted by atomic mass is 16.6. The van der Waals surface area contributed by atoms with Gasteiger partial charge in [-0.15, -0.1) is 0 Å². The van der Waals surface area contributed by atoms with Crippen molar-refractivity contribution in [2.24, 2.45) is 0 Å². The molecule has 0 aliphatic rings. The molecule has 0 spiro atoms. The van der Waals surface area contributed by atoms with E-state index in [9.17, 15) is 9.59 Å². The average Bonchev–Trinajstić information content (AvgIpc) is 3.30. The maximum Gasteiger partial charge on any atom is 0.306 e. The zero-order valence-electron chi connectivity index (χ0n) is 42.8. The van der Waals surface area contributed by atoms with E-state index in [1.54, 1.807) is 0 Å². The predicted octanol–water partition coefficient (Wildman–Crippen LogP) is 18.9. The Balaban J connectivity index is 4.25. The minimum Gasteiger partial charge on any atom is -0.462 e. The highest BCUT2D eigenvalue weighted by molar-refractivity contribution is 5.70. The van der Waals surface area contributed by atoms with Gasteiger partial charge in [-0.25, -0.2) is 0 Å². The highest BCUT2D eigenvalue weighted by Gasteiger charge is 2.17. The number of allylic oxidation sites excluding steroid dienone is 10. The third-order valence-corrected chi connectivity index (χ3v) is 12.0. The second kappa shape index (κ2) is 54.9. The van der Waals surface area contributed by atoms with Crippen LogP contribution in [0.1, 0.15) is 278 Å². The van der Waals surface area contributed by atoms with Gasteiger partial charge in [0, 0.05) is 19.4 Å². The molecule has 0 radical (unpaired) electrons. The Hall–Kier alpha value is -2.40. The molecule has 0 aliphatic carbocycles. The molecule has 0 saturated carbocycles. The Bertz CT molecular complexity index is 1100. The van der Waals surface area contributed by atoms with Crippen LogP contribution in [0.25, 0.3) is 0 Å². The molecule has 0 aromatic carbocycles.